The molecular weight excluding hydrogens is 505 g/mol. The van der Waals surface area contributed by atoms with Crippen LogP contribution in [0.5, 0.6) is 0 Å². The molecule has 1 atom stereocenters. The van der Waals surface area contributed by atoms with Crippen LogP contribution in [0.4, 0.5) is 5.69 Å². The van der Waals surface area contributed by atoms with Crippen molar-refractivity contribution in [1.29, 1.82) is 0 Å². The topological polar surface area (TPSA) is 78.8 Å². The van der Waals surface area contributed by atoms with Crippen LogP contribution in [0, 0.1) is 6.92 Å². The second kappa shape index (κ2) is 9.35. The zero-order valence-corrected chi connectivity index (χ0v) is 20.4. The van der Waals surface area contributed by atoms with Gasteiger partial charge in [-0.05, 0) is 48.9 Å². The van der Waals surface area contributed by atoms with E-state index in [4.69, 9.17) is 34.8 Å². The molecule has 3 aromatic carbocycles. The fourth-order valence-electron chi connectivity index (χ4n) is 3.44. The summed E-state index contributed by atoms with van der Waals surface area (Å²) in [5, 5.41) is 7.17. The molecule has 0 aliphatic carbocycles. The van der Waals surface area contributed by atoms with Gasteiger partial charge in [0.05, 0.1) is 26.7 Å². The number of hydrazone groups is 1. The normalized spacial score (nSPS) is 15.9. The molecule has 0 saturated heterocycles. The number of benzene rings is 3. The summed E-state index contributed by atoms with van der Waals surface area (Å²) >= 11 is 18.6. The number of hydrogen-bond acceptors (Lipinski definition) is 5. The van der Waals surface area contributed by atoms with Gasteiger partial charge in [0.1, 0.15) is 5.71 Å². The van der Waals surface area contributed by atoms with E-state index < -0.39 is 22.0 Å². The average Bonchev–Trinajstić information content (AvgIpc) is 3.21. The summed E-state index contributed by atoms with van der Waals surface area (Å²) in [4.78, 5) is 12.9. The van der Waals surface area contributed by atoms with Crippen LogP contribution in [0.15, 0.2) is 76.7 Å². The molecular formula is C23H18Cl3N3O3S. The summed E-state index contributed by atoms with van der Waals surface area (Å²) in [7, 11) is -4.06. The number of nitrogens with zero attached hydrogens (tertiary/aromatic N) is 2. The Morgan fingerprint density at radius 2 is 1.67 bits per heavy atom. The standard InChI is InChI=1S/C23H18Cl3N3O3S/c1-14-5-11-17(12-6-14)33(31,32)28-23(30)19-13-21(15-7-9-16(24)10-8-15)29(27-19)20-4-2-3-18(25)22(20)26/h2-12,21H,13H2,1H3,(H,28,30). The first-order valence-corrected chi connectivity index (χ1v) is 12.5. The number of anilines is 1. The second-order valence-corrected chi connectivity index (χ2v) is 10.4. The molecule has 4 rings (SSSR count). The first-order chi connectivity index (χ1) is 15.7. The molecule has 0 fully saturated rings. The Bertz CT molecular complexity index is 1340. The number of sulfonamides is 1. The Morgan fingerprint density at radius 3 is 2.33 bits per heavy atom. The van der Waals surface area contributed by atoms with Crippen molar-refractivity contribution in [3.05, 3.63) is 92.9 Å². The van der Waals surface area contributed by atoms with Crippen LogP contribution < -0.4 is 9.73 Å². The van der Waals surface area contributed by atoms with Gasteiger partial charge in [0.15, 0.2) is 0 Å². The van der Waals surface area contributed by atoms with Crippen molar-refractivity contribution < 1.29 is 13.2 Å². The summed E-state index contributed by atoms with van der Waals surface area (Å²) in [6.45, 7) is 1.84. The molecule has 0 saturated carbocycles. The van der Waals surface area contributed by atoms with Crippen molar-refractivity contribution >= 4 is 62.1 Å². The van der Waals surface area contributed by atoms with Crippen LogP contribution in [0.25, 0.3) is 0 Å². The number of amides is 1. The molecule has 3 aromatic rings. The fraction of sp³-hybridized carbons (Fsp3) is 0.130. The highest BCUT2D eigenvalue weighted by molar-refractivity contribution is 7.90. The van der Waals surface area contributed by atoms with E-state index in [1.54, 1.807) is 47.5 Å². The molecule has 1 aliphatic rings. The molecule has 1 N–H and O–H groups in total. The molecule has 1 unspecified atom stereocenters. The molecule has 1 amide bonds. The van der Waals surface area contributed by atoms with Crippen molar-refractivity contribution in [2.45, 2.75) is 24.3 Å². The fourth-order valence-corrected chi connectivity index (χ4v) is 4.92. The molecule has 170 valence electrons. The van der Waals surface area contributed by atoms with Gasteiger partial charge in [-0.25, -0.2) is 13.1 Å². The monoisotopic (exact) mass is 521 g/mol. The largest absolute Gasteiger partial charge is 0.281 e. The van der Waals surface area contributed by atoms with Crippen molar-refractivity contribution in [3.8, 4) is 0 Å². The number of carbonyl (C=O) groups excluding carboxylic acids is 1. The Hall–Kier alpha value is -2.58. The minimum Gasteiger partial charge on any atom is -0.267 e. The summed E-state index contributed by atoms with van der Waals surface area (Å²) in [5.74, 6) is -0.810. The summed E-state index contributed by atoms with van der Waals surface area (Å²) in [6, 6.07) is 18.0. The Morgan fingerprint density at radius 1 is 1.00 bits per heavy atom. The van der Waals surface area contributed by atoms with Crippen LogP contribution in [0.2, 0.25) is 15.1 Å². The molecule has 0 bridgehead atoms. The molecule has 0 radical (unpaired) electrons. The van der Waals surface area contributed by atoms with Crippen molar-refractivity contribution in [3.63, 3.8) is 0 Å². The maximum atomic E-state index is 12.9. The van der Waals surface area contributed by atoms with Crippen LogP contribution in [0.3, 0.4) is 0 Å². The number of carbonyl (C=O) groups is 1. The highest BCUT2D eigenvalue weighted by Crippen LogP contribution is 2.41. The molecule has 0 aromatic heterocycles. The van der Waals surface area contributed by atoms with Gasteiger partial charge in [-0.2, -0.15) is 5.10 Å². The maximum Gasteiger partial charge on any atom is 0.281 e. The minimum absolute atomic E-state index is 0.0101. The molecule has 0 spiro atoms. The zero-order valence-electron chi connectivity index (χ0n) is 17.3. The van der Waals surface area contributed by atoms with E-state index >= 15 is 0 Å². The van der Waals surface area contributed by atoms with Crippen molar-refractivity contribution in [2.75, 3.05) is 5.01 Å². The number of aryl methyl sites for hydroxylation is 1. The van der Waals surface area contributed by atoms with Crippen LogP contribution in [-0.4, -0.2) is 20.0 Å². The van der Waals surface area contributed by atoms with Gasteiger partial charge >= 0.3 is 0 Å². The first kappa shape index (κ1) is 23.6. The third-order valence-electron chi connectivity index (χ3n) is 5.16. The smallest absolute Gasteiger partial charge is 0.267 e. The van der Waals surface area contributed by atoms with E-state index in [2.05, 4.69) is 9.82 Å². The molecule has 6 nitrogen and oxygen atoms in total. The predicted molar refractivity (Wildman–Crippen MR) is 132 cm³/mol. The summed E-state index contributed by atoms with van der Waals surface area (Å²) < 4.78 is 27.5. The van der Waals surface area contributed by atoms with E-state index in [1.165, 1.54) is 12.1 Å². The van der Waals surface area contributed by atoms with Crippen molar-refractivity contribution in [2.24, 2.45) is 5.10 Å². The maximum absolute atomic E-state index is 12.9. The highest BCUT2D eigenvalue weighted by Gasteiger charge is 2.35. The lowest BCUT2D eigenvalue weighted by Gasteiger charge is -2.25. The second-order valence-electron chi connectivity index (χ2n) is 7.48. The zero-order chi connectivity index (χ0) is 23.8. The number of hydrogen-bond donors (Lipinski definition) is 1. The quantitative estimate of drug-likeness (QED) is 0.461. The minimum atomic E-state index is -4.06. The average molecular weight is 523 g/mol. The van der Waals surface area contributed by atoms with Gasteiger partial charge in [0.25, 0.3) is 15.9 Å². The number of halogens is 3. The molecule has 33 heavy (non-hydrogen) atoms. The van der Waals surface area contributed by atoms with Crippen LogP contribution in [0.1, 0.15) is 23.6 Å². The Labute approximate surface area is 206 Å². The van der Waals surface area contributed by atoms with Crippen molar-refractivity contribution in [1.82, 2.24) is 4.72 Å². The predicted octanol–water partition coefficient (Wildman–Crippen LogP) is 5.77. The summed E-state index contributed by atoms with van der Waals surface area (Å²) in [6.07, 6.45) is 0.153. The Balaban J connectivity index is 1.68. The number of rotatable bonds is 5. The third-order valence-corrected chi connectivity index (χ3v) is 7.57. The van der Waals surface area contributed by atoms with Crippen LogP contribution >= 0.6 is 34.8 Å². The Kier molecular flexibility index (Phi) is 6.68. The van der Waals surface area contributed by atoms with Gasteiger partial charge in [-0.15, -0.1) is 0 Å². The van der Waals surface area contributed by atoms with E-state index in [-0.39, 0.29) is 22.1 Å². The lowest BCUT2D eigenvalue weighted by atomic mass is 10.0. The molecule has 1 aliphatic heterocycles. The lowest BCUT2D eigenvalue weighted by molar-refractivity contribution is -0.113. The van der Waals surface area contributed by atoms with Gasteiger partial charge in [0, 0.05) is 11.4 Å². The van der Waals surface area contributed by atoms with E-state index in [1.807, 2.05) is 19.1 Å². The highest BCUT2D eigenvalue weighted by atomic mass is 35.5. The van der Waals surface area contributed by atoms with Gasteiger partial charge in [0.2, 0.25) is 0 Å². The SMILES string of the molecule is Cc1ccc(S(=O)(=O)NC(=O)C2=NN(c3cccc(Cl)c3Cl)C(c3ccc(Cl)cc3)C2)cc1. The van der Waals surface area contributed by atoms with Gasteiger partial charge in [-0.3, -0.25) is 9.80 Å². The van der Waals surface area contributed by atoms with Gasteiger partial charge in [-0.1, -0.05) is 70.7 Å². The molecule has 10 heteroatoms. The van der Waals surface area contributed by atoms with E-state index in [9.17, 15) is 13.2 Å². The summed E-state index contributed by atoms with van der Waals surface area (Å²) in [5.41, 5.74) is 2.26. The third kappa shape index (κ3) is 5.01. The lowest BCUT2D eigenvalue weighted by Crippen LogP contribution is -2.35. The van der Waals surface area contributed by atoms with Crippen LogP contribution in [-0.2, 0) is 14.8 Å². The van der Waals surface area contributed by atoms with E-state index in [0.717, 1.165) is 11.1 Å². The van der Waals surface area contributed by atoms with Gasteiger partial charge < -0.3 is 0 Å². The molecule has 1 heterocycles. The number of nitrogens with one attached hydrogen (secondary N) is 1. The van der Waals surface area contributed by atoms with E-state index in [0.29, 0.717) is 15.7 Å². The first-order valence-electron chi connectivity index (χ1n) is 9.86.